The maximum Gasteiger partial charge on any atom is 0.326 e. The second-order valence-corrected chi connectivity index (χ2v) is 9.26. The molecular weight excluding hydrogens is 368 g/mol. The van der Waals surface area contributed by atoms with Crippen LogP contribution >= 0.6 is 0 Å². The second-order valence-electron chi connectivity index (χ2n) is 9.26. The van der Waals surface area contributed by atoms with Gasteiger partial charge < -0.3 is 15.4 Å². The van der Waals surface area contributed by atoms with E-state index in [0.29, 0.717) is 0 Å². The molecule has 4 aliphatic rings. The van der Waals surface area contributed by atoms with Crippen LogP contribution in [0.15, 0.2) is 30.3 Å². The van der Waals surface area contributed by atoms with Crippen LogP contribution in [0.3, 0.4) is 0 Å². The predicted octanol–water partition coefficient (Wildman–Crippen LogP) is 2.36. The van der Waals surface area contributed by atoms with Gasteiger partial charge in [-0.15, -0.1) is 0 Å². The van der Waals surface area contributed by atoms with Crippen molar-refractivity contribution in [2.75, 3.05) is 6.54 Å². The van der Waals surface area contributed by atoms with Crippen molar-refractivity contribution in [1.29, 1.82) is 0 Å². The molecular formula is C23H30N2O4. The third-order valence-corrected chi connectivity index (χ3v) is 6.74. The molecule has 0 radical (unpaired) electrons. The third kappa shape index (κ3) is 4.80. The summed E-state index contributed by atoms with van der Waals surface area (Å²) in [6.45, 7) is 1.36. The van der Waals surface area contributed by atoms with Gasteiger partial charge in [0.1, 0.15) is 6.54 Å². The average molecular weight is 399 g/mol. The number of nitrogens with one attached hydrogen (secondary N) is 2. The average Bonchev–Trinajstić information content (AvgIpc) is 2.65. The van der Waals surface area contributed by atoms with Gasteiger partial charge in [-0.2, -0.15) is 0 Å². The number of carbonyl (C=O) groups is 3. The van der Waals surface area contributed by atoms with E-state index in [4.69, 9.17) is 4.74 Å². The second kappa shape index (κ2) is 8.17. The summed E-state index contributed by atoms with van der Waals surface area (Å²) in [5.41, 5.74) is 0.776. The minimum absolute atomic E-state index is 0.101. The molecule has 4 fully saturated rings. The van der Waals surface area contributed by atoms with Crippen molar-refractivity contribution < 1.29 is 19.1 Å². The molecule has 2 N–H and O–H groups in total. The van der Waals surface area contributed by atoms with E-state index >= 15 is 0 Å². The van der Waals surface area contributed by atoms with Gasteiger partial charge in [0.2, 0.25) is 5.91 Å². The highest BCUT2D eigenvalue weighted by Crippen LogP contribution is 2.55. The van der Waals surface area contributed by atoms with Crippen LogP contribution in [-0.2, 0) is 25.5 Å². The van der Waals surface area contributed by atoms with E-state index in [1.54, 1.807) is 6.92 Å². The standard InChI is InChI=1S/C23H30N2O4/c1-15(29-21(27)14-24-20(26)10-16-5-3-2-4-6-16)22(28)25-23-11-17-7-18(12-23)9-19(8-17)13-23/h2-6,15,17-19H,7-14H2,1H3,(H,24,26)(H,25,28)/t15-,17?,18?,19?,23?/m1/s1. The van der Waals surface area contributed by atoms with Gasteiger partial charge in [-0.3, -0.25) is 14.4 Å². The summed E-state index contributed by atoms with van der Waals surface area (Å²) >= 11 is 0. The molecule has 4 bridgehead atoms. The zero-order chi connectivity index (χ0) is 20.4. The molecule has 0 unspecified atom stereocenters. The summed E-state index contributed by atoms with van der Waals surface area (Å²) in [6.07, 6.45) is 6.44. The Hall–Kier alpha value is -2.37. The number of ether oxygens (including phenoxy) is 1. The topological polar surface area (TPSA) is 84.5 Å². The Kier molecular flexibility index (Phi) is 5.61. The summed E-state index contributed by atoms with van der Waals surface area (Å²) in [7, 11) is 0. The number of hydrogen-bond donors (Lipinski definition) is 2. The largest absolute Gasteiger partial charge is 0.451 e. The fourth-order valence-electron chi connectivity index (χ4n) is 5.93. The van der Waals surface area contributed by atoms with Crippen LogP contribution in [-0.4, -0.2) is 36.0 Å². The first-order valence-corrected chi connectivity index (χ1v) is 10.7. The van der Waals surface area contributed by atoms with Crippen molar-refractivity contribution in [3.05, 3.63) is 35.9 Å². The van der Waals surface area contributed by atoms with Crippen LogP contribution in [0.5, 0.6) is 0 Å². The molecule has 0 spiro atoms. The fraction of sp³-hybridized carbons (Fsp3) is 0.609. The van der Waals surface area contributed by atoms with Gasteiger partial charge in [0.05, 0.1) is 6.42 Å². The van der Waals surface area contributed by atoms with E-state index in [-0.39, 0.29) is 30.3 Å². The Morgan fingerprint density at radius 3 is 2.21 bits per heavy atom. The highest BCUT2D eigenvalue weighted by molar-refractivity contribution is 5.86. The van der Waals surface area contributed by atoms with Gasteiger partial charge in [-0.25, -0.2) is 0 Å². The molecule has 0 saturated heterocycles. The van der Waals surface area contributed by atoms with Crippen molar-refractivity contribution in [2.24, 2.45) is 17.8 Å². The van der Waals surface area contributed by atoms with Crippen molar-refractivity contribution >= 4 is 17.8 Å². The molecule has 0 aliphatic heterocycles. The molecule has 1 aromatic rings. The molecule has 29 heavy (non-hydrogen) atoms. The Morgan fingerprint density at radius 2 is 1.62 bits per heavy atom. The van der Waals surface area contributed by atoms with Gasteiger partial charge in [0.15, 0.2) is 6.10 Å². The lowest BCUT2D eigenvalue weighted by Gasteiger charge is -2.57. The van der Waals surface area contributed by atoms with Gasteiger partial charge >= 0.3 is 5.97 Å². The molecule has 6 heteroatoms. The fourth-order valence-corrected chi connectivity index (χ4v) is 5.93. The van der Waals surface area contributed by atoms with Crippen LogP contribution in [0.2, 0.25) is 0 Å². The summed E-state index contributed by atoms with van der Waals surface area (Å²) in [5.74, 6) is 1.13. The Balaban J connectivity index is 1.21. The number of hydrogen-bond acceptors (Lipinski definition) is 4. The molecule has 6 nitrogen and oxygen atoms in total. The van der Waals surface area contributed by atoms with E-state index in [1.807, 2.05) is 30.3 Å². The van der Waals surface area contributed by atoms with E-state index in [1.165, 1.54) is 19.3 Å². The van der Waals surface area contributed by atoms with E-state index in [9.17, 15) is 14.4 Å². The van der Waals surface area contributed by atoms with Crippen molar-refractivity contribution in [2.45, 2.75) is 63.5 Å². The first-order chi connectivity index (χ1) is 13.9. The predicted molar refractivity (Wildman–Crippen MR) is 108 cm³/mol. The lowest BCUT2D eigenvalue weighted by molar-refractivity contribution is -0.156. The highest BCUT2D eigenvalue weighted by atomic mass is 16.5. The smallest absolute Gasteiger partial charge is 0.326 e. The SMILES string of the molecule is C[C@@H](OC(=O)CNC(=O)Cc1ccccc1)C(=O)NC12CC3CC(CC(C3)C1)C2. The normalized spacial score (nSPS) is 30.4. The molecule has 1 aromatic carbocycles. The molecule has 4 aliphatic carbocycles. The van der Waals surface area contributed by atoms with Crippen molar-refractivity contribution in [3.63, 3.8) is 0 Å². The van der Waals surface area contributed by atoms with Crippen LogP contribution < -0.4 is 10.6 Å². The Morgan fingerprint density at radius 1 is 1.03 bits per heavy atom. The summed E-state index contributed by atoms with van der Waals surface area (Å²) in [6, 6.07) is 9.32. The Labute approximate surface area is 171 Å². The number of esters is 1. The molecule has 5 rings (SSSR count). The molecule has 0 heterocycles. The van der Waals surface area contributed by atoms with Gasteiger partial charge in [0.25, 0.3) is 5.91 Å². The summed E-state index contributed by atoms with van der Waals surface area (Å²) in [5, 5.41) is 5.78. The van der Waals surface area contributed by atoms with Crippen LogP contribution in [0.25, 0.3) is 0 Å². The number of rotatable bonds is 7. The maximum atomic E-state index is 12.7. The minimum atomic E-state index is -0.860. The lowest BCUT2D eigenvalue weighted by atomic mass is 9.53. The quantitative estimate of drug-likeness (QED) is 0.691. The monoisotopic (exact) mass is 398 g/mol. The zero-order valence-electron chi connectivity index (χ0n) is 17.0. The molecule has 0 aromatic heterocycles. The van der Waals surface area contributed by atoms with Crippen molar-refractivity contribution in [1.82, 2.24) is 10.6 Å². The van der Waals surface area contributed by atoms with Crippen LogP contribution in [0.4, 0.5) is 0 Å². The maximum absolute atomic E-state index is 12.7. The number of carbonyl (C=O) groups excluding carboxylic acids is 3. The molecule has 4 saturated carbocycles. The first kappa shape index (κ1) is 19.9. The highest BCUT2D eigenvalue weighted by Gasteiger charge is 2.51. The van der Waals surface area contributed by atoms with Crippen molar-refractivity contribution in [3.8, 4) is 0 Å². The van der Waals surface area contributed by atoms with Crippen LogP contribution in [0.1, 0.15) is 51.0 Å². The van der Waals surface area contributed by atoms with Gasteiger partial charge in [0, 0.05) is 5.54 Å². The van der Waals surface area contributed by atoms with Gasteiger partial charge in [-0.1, -0.05) is 30.3 Å². The minimum Gasteiger partial charge on any atom is -0.451 e. The number of amides is 2. The van der Waals surface area contributed by atoms with Crippen LogP contribution in [0, 0.1) is 17.8 Å². The summed E-state index contributed by atoms with van der Waals surface area (Å²) in [4.78, 5) is 36.7. The molecule has 2 amide bonds. The zero-order valence-corrected chi connectivity index (χ0v) is 17.0. The summed E-state index contributed by atoms with van der Waals surface area (Å²) < 4.78 is 5.26. The molecule has 1 atom stereocenters. The Bertz CT molecular complexity index is 741. The third-order valence-electron chi connectivity index (χ3n) is 6.74. The van der Waals surface area contributed by atoms with E-state index < -0.39 is 12.1 Å². The van der Waals surface area contributed by atoms with E-state index in [0.717, 1.165) is 42.6 Å². The van der Waals surface area contributed by atoms with Gasteiger partial charge in [-0.05, 0) is 68.8 Å². The molecule has 156 valence electrons. The lowest BCUT2D eigenvalue weighted by Crippen LogP contribution is -2.61. The number of benzene rings is 1. The van der Waals surface area contributed by atoms with E-state index in [2.05, 4.69) is 10.6 Å². The first-order valence-electron chi connectivity index (χ1n) is 10.7.